The summed E-state index contributed by atoms with van der Waals surface area (Å²) in [6.07, 6.45) is 1.72. The first-order chi connectivity index (χ1) is 10.7. The van der Waals surface area contributed by atoms with E-state index >= 15 is 0 Å². The van der Waals surface area contributed by atoms with Gasteiger partial charge in [-0.25, -0.2) is 4.39 Å². The summed E-state index contributed by atoms with van der Waals surface area (Å²) in [5.74, 6) is -0.551. The molecule has 3 nitrogen and oxygen atoms in total. The van der Waals surface area contributed by atoms with Gasteiger partial charge in [0.25, 0.3) is 0 Å². The van der Waals surface area contributed by atoms with Crippen LogP contribution in [0, 0.1) is 17.1 Å². The van der Waals surface area contributed by atoms with E-state index in [0.29, 0.717) is 5.56 Å². The van der Waals surface area contributed by atoms with Crippen LogP contribution in [-0.4, -0.2) is 10.1 Å². The van der Waals surface area contributed by atoms with Crippen molar-refractivity contribution in [2.24, 2.45) is 0 Å². The van der Waals surface area contributed by atoms with E-state index in [4.69, 9.17) is 5.26 Å². The van der Waals surface area contributed by atoms with E-state index in [1.807, 2.05) is 24.3 Å². The Kier molecular flexibility index (Phi) is 3.96. The largest absolute Gasteiger partial charge is 0.392 e. The second-order valence-corrected chi connectivity index (χ2v) is 5.56. The Morgan fingerprint density at radius 2 is 2.14 bits per heavy atom. The summed E-state index contributed by atoms with van der Waals surface area (Å²) in [6.45, 7) is -0.111. The molecule has 0 atom stereocenters. The molecule has 1 N–H and O–H groups in total. The Labute approximate surface area is 130 Å². The normalized spacial score (nSPS) is 10.4. The summed E-state index contributed by atoms with van der Waals surface area (Å²) in [5.41, 5.74) is 4.80. The third-order valence-electron chi connectivity index (χ3n) is 3.40. The molecule has 0 aliphatic rings. The average molecular weight is 310 g/mol. The molecular formula is C17H11FN2OS. The van der Waals surface area contributed by atoms with Gasteiger partial charge in [-0.2, -0.15) is 5.26 Å². The van der Waals surface area contributed by atoms with E-state index in [9.17, 15) is 9.50 Å². The fraction of sp³-hybridized carbons (Fsp3) is 0.0588. The average Bonchev–Trinajstić information content (AvgIpc) is 3.08. The lowest BCUT2D eigenvalue weighted by Crippen LogP contribution is -1.93. The first-order valence-electron chi connectivity index (χ1n) is 6.56. The minimum absolute atomic E-state index is 0.0152. The maximum Gasteiger partial charge on any atom is 0.141 e. The molecule has 0 saturated heterocycles. The van der Waals surface area contributed by atoms with Crippen LogP contribution in [-0.2, 0) is 6.61 Å². The highest BCUT2D eigenvalue weighted by Gasteiger charge is 2.14. The quantitative estimate of drug-likeness (QED) is 0.796. The zero-order valence-electron chi connectivity index (χ0n) is 11.5. The van der Waals surface area contributed by atoms with Gasteiger partial charge in [-0.3, -0.25) is 4.98 Å². The van der Waals surface area contributed by atoms with Crippen molar-refractivity contribution >= 4 is 11.3 Å². The highest BCUT2D eigenvalue weighted by molar-refractivity contribution is 7.13. The maximum atomic E-state index is 13.9. The van der Waals surface area contributed by atoms with Crippen molar-refractivity contribution in [2.75, 3.05) is 0 Å². The van der Waals surface area contributed by atoms with Gasteiger partial charge in [0.05, 0.1) is 22.6 Å². The predicted molar refractivity (Wildman–Crippen MR) is 83.6 cm³/mol. The Morgan fingerprint density at radius 3 is 2.77 bits per heavy atom. The molecule has 0 fully saturated rings. The number of thiazole rings is 1. The summed E-state index contributed by atoms with van der Waals surface area (Å²) in [4.78, 5) is 4.98. The second kappa shape index (κ2) is 6.06. The topological polar surface area (TPSA) is 56.9 Å². The molecular weight excluding hydrogens is 299 g/mol. The van der Waals surface area contributed by atoms with Gasteiger partial charge >= 0.3 is 0 Å². The molecule has 0 aliphatic heterocycles. The molecule has 0 amide bonds. The smallest absolute Gasteiger partial charge is 0.141 e. The first-order valence-corrected chi connectivity index (χ1v) is 7.44. The molecule has 0 saturated carbocycles. The van der Waals surface area contributed by atoms with E-state index in [2.05, 4.69) is 4.98 Å². The van der Waals surface area contributed by atoms with Gasteiger partial charge in [-0.1, -0.05) is 24.3 Å². The zero-order valence-corrected chi connectivity index (χ0v) is 12.3. The molecule has 0 spiro atoms. The Balaban J connectivity index is 2.24. The maximum absolute atomic E-state index is 13.9. The van der Waals surface area contributed by atoms with Gasteiger partial charge in [0, 0.05) is 11.8 Å². The van der Waals surface area contributed by atoms with Crippen molar-refractivity contribution in [1.82, 2.24) is 4.98 Å². The fourth-order valence-electron chi connectivity index (χ4n) is 2.38. The lowest BCUT2D eigenvalue weighted by atomic mass is 9.94. The number of aliphatic hydroxyl groups is 1. The minimum Gasteiger partial charge on any atom is -0.392 e. The predicted octanol–water partition coefficient (Wildman–Crippen LogP) is 3.98. The third-order valence-corrected chi connectivity index (χ3v) is 4.19. The standard InChI is InChI=1S/C17H11FN2OS/c18-15-6-11(4-5-12(15)7-19)14-3-1-2-13(9-21)17(14)16-8-20-10-22-16/h1-6,8,10,21H,9H2. The van der Waals surface area contributed by atoms with E-state index in [1.165, 1.54) is 23.5 Å². The number of rotatable bonds is 3. The van der Waals surface area contributed by atoms with E-state index in [-0.39, 0.29) is 12.2 Å². The number of aromatic nitrogens is 1. The van der Waals surface area contributed by atoms with Gasteiger partial charge in [-0.15, -0.1) is 11.3 Å². The summed E-state index contributed by atoms with van der Waals surface area (Å²) in [7, 11) is 0. The van der Waals surface area contributed by atoms with Gasteiger partial charge in [0.2, 0.25) is 0 Å². The van der Waals surface area contributed by atoms with Crippen LogP contribution in [0.1, 0.15) is 11.1 Å². The lowest BCUT2D eigenvalue weighted by Gasteiger charge is -2.12. The van der Waals surface area contributed by atoms with E-state index < -0.39 is 5.82 Å². The van der Waals surface area contributed by atoms with Gasteiger partial charge in [-0.05, 0) is 28.8 Å². The van der Waals surface area contributed by atoms with Crippen LogP contribution in [0.15, 0.2) is 48.1 Å². The van der Waals surface area contributed by atoms with Crippen molar-refractivity contribution in [3.05, 3.63) is 65.0 Å². The Bertz CT molecular complexity index is 854. The molecule has 108 valence electrons. The number of nitriles is 1. The third kappa shape index (κ3) is 2.50. The molecule has 1 aromatic heterocycles. The van der Waals surface area contributed by atoms with Crippen LogP contribution in [0.25, 0.3) is 21.6 Å². The Morgan fingerprint density at radius 1 is 1.27 bits per heavy atom. The van der Waals surface area contributed by atoms with Crippen LogP contribution in [0.4, 0.5) is 4.39 Å². The van der Waals surface area contributed by atoms with Crippen LogP contribution >= 0.6 is 11.3 Å². The van der Waals surface area contributed by atoms with Crippen molar-refractivity contribution in [3.8, 4) is 27.6 Å². The SMILES string of the molecule is N#Cc1ccc(-c2cccc(CO)c2-c2cncs2)cc1F. The van der Waals surface area contributed by atoms with Crippen LogP contribution < -0.4 is 0 Å². The fourth-order valence-corrected chi connectivity index (χ4v) is 3.09. The van der Waals surface area contributed by atoms with Crippen LogP contribution in [0.5, 0.6) is 0 Å². The number of aliphatic hydroxyl groups excluding tert-OH is 1. The molecule has 5 heteroatoms. The van der Waals surface area contributed by atoms with Gasteiger partial charge < -0.3 is 5.11 Å². The highest BCUT2D eigenvalue weighted by atomic mass is 32.1. The number of hydrogen-bond donors (Lipinski definition) is 1. The highest BCUT2D eigenvalue weighted by Crippen LogP contribution is 2.37. The van der Waals surface area contributed by atoms with Gasteiger partial charge in [0.1, 0.15) is 11.9 Å². The van der Waals surface area contributed by atoms with Crippen molar-refractivity contribution in [2.45, 2.75) is 6.61 Å². The summed E-state index contributed by atoms with van der Waals surface area (Å²) in [5, 5.41) is 18.4. The van der Waals surface area contributed by atoms with Crippen LogP contribution in [0.2, 0.25) is 0 Å². The van der Waals surface area contributed by atoms with E-state index in [1.54, 1.807) is 17.8 Å². The number of nitrogens with zero attached hydrogens (tertiary/aromatic N) is 2. The van der Waals surface area contributed by atoms with E-state index in [0.717, 1.165) is 21.6 Å². The number of hydrogen-bond acceptors (Lipinski definition) is 4. The molecule has 3 rings (SSSR count). The molecule has 3 aromatic rings. The summed E-state index contributed by atoms with van der Waals surface area (Å²) >= 11 is 1.46. The van der Waals surface area contributed by atoms with Crippen molar-refractivity contribution < 1.29 is 9.50 Å². The monoisotopic (exact) mass is 310 g/mol. The van der Waals surface area contributed by atoms with Crippen molar-refractivity contribution in [1.29, 1.82) is 5.26 Å². The lowest BCUT2D eigenvalue weighted by molar-refractivity contribution is 0.282. The molecule has 0 aliphatic carbocycles. The Hall–Kier alpha value is -2.55. The number of benzene rings is 2. The minimum atomic E-state index is -0.551. The first kappa shape index (κ1) is 14.4. The second-order valence-electron chi connectivity index (χ2n) is 4.67. The number of halogens is 1. The van der Waals surface area contributed by atoms with Crippen molar-refractivity contribution in [3.63, 3.8) is 0 Å². The molecule has 0 bridgehead atoms. The molecule has 0 unspecified atom stereocenters. The molecule has 0 radical (unpaired) electrons. The van der Waals surface area contributed by atoms with Gasteiger partial charge in [0.15, 0.2) is 0 Å². The zero-order chi connectivity index (χ0) is 15.5. The molecule has 22 heavy (non-hydrogen) atoms. The molecule has 2 aromatic carbocycles. The summed E-state index contributed by atoms with van der Waals surface area (Å²) in [6, 6.07) is 11.9. The molecule has 1 heterocycles. The summed E-state index contributed by atoms with van der Waals surface area (Å²) < 4.78 is 13.9. The van der Waals surface area contributed by atoms with Crippen LogP contribution in [0.3, 0.4) is 0 Å².